The highest BCUT2D eigenvalue weighted by atomic mass is 32.2. The zero-order valence-electron chi connectivity index (χ0n) is 24.3. The number of hydrogen-bond acceptors (Lipinski definition) is 5. The van der Waals surface area contributed by atoms with Crippen LogP contribution >= 0.6 is 0 Å². The number of nitrogens with one attached hydrogen (secondary N) is 1. The molecule has 0 saturated heterocycles. The zero-order valence-corrected chi connectivity index (χ0v) is 26.1. The summed E-state index contributed by atoms with van der Waals surface area (Å²) in [6.07, 6.45) is 0.0759. The van der Waals surface area contributed by atoms with Crippen molar-refractivity contribution in [1.82, 2.24) is 19.8 Å². The molecular weight excluding hydrogens is 544 g/mol. The minimum atomic E-state index is -2.19. The lowest BCUT2D eigenvalue weighted by Crippen LogP contribution is -2.43. The quantitative estimate of drug-likeness (QED) is 0.274. The van der Waals surface area contributed by atoms with Gasteiger partial charge in [0, 0.05) is 31.5 Å². The van der Waals surface area contributed by atoms with Gasteiger partial charge in [-0.15, -0.1) is 0 Å². The maximum Gasteiger partial charge on any atom is 0.271 e. The third kappa shape index (κ3) is 6.24. The predicted molar refractivity (Wildman–Crippen MR) is 162 cm³/mol. The highest BCUT2D eigenvalue weighted by Crippen LogP contribution is 2.35. The SMILES string of the molecule is CN(C)C(=O)c1cc([Si](C)(C)C)c(F)c(C[C@H](N[S@@](=O)C(C)(C)C)c2ccccc2-c2noc3ccccc23)n1. The van der Waals surface area contributed by atoms with Gasteiger partial charge in [0.15, 0.2) is 5.58 Å². The normalized spacial score (nSPS) is 13.8. The number of nitrogens with zero attached hydrogens (tertiary/aromatic N) is 3. The maximum atomic E-state index is 16.2. The molecule has 40 heavy (non-hydrogen) atoms. The first-order chi connectivity index (χ1) is 18.7. The van der Waals surface area contributed by atoms with Gasteiger partial charge >= 0.3 is 0 Å². The Kier molecular flexibility index (Phi) is 8.44. The molecule has 7 nitrogen and oxygen atoms in total. The Bertz CT molecular complexity index is 1570. The summed E-state index contributed by atoms with van der Waals surface area (Å²) in [7, 11) is -0.373. The molecule has 0 bridgehead atoms. The van der Waals surface area contributed by atoms with Crippen molar-refractivity contribution in [2.24, 2.45) is 0 Å². The molecule has 2 heterocycles. The number of carbonyl (C=O) groups excluding carboxylic acids is 1. The van der Waals surface area contributed by atoms with Crippen LogP contribution in [0.2, 0.25) is 19.6 Å². The van der Waals surface area contributed by atoms with Crippen molar-refractivity contribution in [1.29, 1.82) is 0 Å². The van der Waals surface area contributed by atoms with Gasteiger partial charge in [0.05, 0.1) is 35.5 Å². The second-order valence-corrected chi connectivity index (χ2v) is 19.2. The number of hydrogen-bond donors (Lipinski definition) is 1. The van der Waals surface area contributed by atoms with Gasteiger partial charge in [-0.25, -0.2) is 18.3 Å². The second-order valence-electron chi connectivity index (χ2n) is 12.1. The summed E-state index contributed by atoms with van der Waals surface area (Å²) in [5, 5.41) is 5.73. The number of pyridine rings is 1. The van der Waals surface area contributed by atoms with E-state index in [1.54, 1.807) is 20.2 Å². The van der Waals surface area contributed by atoms with E-state index >= 15 is 4.39 Å². The lowest BCUT2D eigenvalue weighted by Gasteiger charge is -2.27. The van der Waals surface area contributed by atoms with Crippen LogP contribution in [0, 0.1) is 5.82 Å². The fourth-order valence-corrected chi connectivity index (χ4v) is 6.61. The summed E-state index contributed by atoms with van der Waals surface area (Å²) in [4.78, 5) is 18.9. The van der Waals surface area contributed by atoms with Crippen molar-refractivity contribution >= 4 is 41.1 Å². The van der Waals surface area contributed by atoms with Crippen molar-refractivity contribution in [3.63, 3.8) is 0 Å². The molecule has 1 N–H and O–H groups in total. The summed E-state index contributed by atoms with van der Waals surface area (Å²) >= 11 is 0. The Balaban J connectivity index is 1.90. The molecule has 0 radical (unpaired) electrons. The van der Waals surface area contributed by atoms with Crippen LogP contribution in [0.1, 0.15) is 48.6 Å². The number of para-hydroxylation sites is 1. The fraction of sp³-hybridized carbons (Fsp3) is 0.367. The van der Waals surface area contributed by atoms with Crippen molar-refractivity contribution < 1.29 is 17.9 Å². The maximum absolute atomic E-state index is 16.2. The summed E-state index contributed by atoms with van der Waals surface area (Å²) < 4.78 is 37.8. The van der Waals surface area contributed by atoms with Gasteiger partial charge in [-0.2, -0.15) is 0 Å². The van der Waals surface area contributed by atoms with E-state index in [0.717, 1.165) is 16.5 Å². The molecule has 4 aromatic rings. The summed E-state index contributed by atoms with van der Waals surface area (Å²) in [6.45, 7) is 11.7. The zero-order chi connectivity index (χ0) is 29.4. The van der Waals surface area contributed by atoms with Gasteiger partial charge in [0.25, 0.3) is 5.91 Å². The van der Waals surface area contributed by atoms with Gasteiger partial charge < -0.3 is 9.42 Å². The number of aromatic nitrogens is 2. The van der Waals surface area contributed by atoms with Gasteiger partial charge in [0.2, 0.25) is 0 Å². The van der Waals surface area contributed by atoms with Crippen LogP contribution in [0.5, 0.6) is 0 Å². The lowest BCUT2D eigenvalue weighted by atomic mass is 9.94. The van der Waals surface area contributed by atoms with Gasteiger partial charge in [-0.1, -0.05) is 61.2 Å². The number of rotatable bonds is 8. The van der Waals surface area contributed by atoms with Crippen LogP contribution in [0.3, 0.4) is 0 Å². The summed E-state index contributed by atoms with van der Waals surface area (Å²) in [5.74, 6) is -0.704. The standard InChI is InChI=1S/C30H37FN4O3SSi/c1-30(2,3)39(37)34-22(17-23-27(31)26(40(6,7)8)18-24(32-23)29(36)35(4)5)19-13-9-10-14-20(19)28-21-15-11-12-16-25(21)38-33-28/h9-16,18,22,34H,17H2,1-8H3/t22-,39-/m0/s1. The topological polar surface area (TPSA) is 88.3 Å². The molecule has 0 unspecified atom stereocenters. The Hall–Kier alpha value is -3.21. The van der Waals surface area contributed by atoms with Gasteiger partial charge in [0.1, 0.15) is 17.2 Å². The lowest BCUT2D eigenvalue weighted by molar-refractivity contribution is 0.0821. The van der Waals surface area contributed by atoms with Crippen LogP contribution in [-0.4, -0.2) is 52.1 Å². The fourth-order valence-electron chi connectivity index (χ4n) is 4.41. The first kappa shape index (κ1) is 29.8. The van der Waals surface area contributed by atoms with E-state index in [1.165, 1.54) is 4.90 Å². The van der Waals surface area contributed by atoms with Crippen molar-refractivity contribution in [3.05, 3.63) is 77.4 Å². The Morgan fingerprint density at radius 3 is 2.40 bits per heavy atom. The molecule has 2 atom stereocenters. The van der Waals surface area contributed by atoms with Crippen LogP contribution in [0.4, 0.5) is 4.39 Å². The first-order valence-corrected chi connectivity index (χ1v) is 17.9. The van der Waals surface area contributed by atoms with Gasteiger partial charge in [-0.3, -0.25) is 4.79 Å². The number of halogens is 1. The largest absolute Gasteiger partial charge is 0.356 e. The number of carbonyl (C=O) groups is 1. The molecule has 0 fully saturated rings. The highest BCUT2D eigenvalue weighted by Gasteiger charge is 2.31. The van der Waals surface area contributed by atoms with Gasteiger partial charge in [-0.05, 0) is 49.7 Å². The van der Waals surface area contributed by atoms with Crippen LogP contribution in [0.15, 0.2) is 59.1 Å². The minimum absolute atomic E-state index is 0.0759. The summed E-state index contributed by atoms with van der Waals surface area (Å²) in [5.41, 5.74) is 3.21. The van der Waals surface area contributed by atoms with Crippen molar-refractivity contribution in [3.8, 4) is 11.3 Å². The van der Waals surface area contributed by atoms with E-state index in [9.17, 15) is 9.00 Å². The smallest absolute Gasteiger partial charge is 0.271 e. The van der Waals surface area contributed by atoms with Crippen molar-refractivity contribution in [2.45, 2.75) is 57.6 Å². The average molecular weight is 581 g/mol. The molecule has 10 heteroatoms. The molecule has 0 spiro atoms. The third-order valence-electron chi connectivity index (χ3n) is 6.63. The second kappa shape index (κ2) is 11.3. The molecule has 2 aromatic carbocycles. The van der Waals surface area contributed by atoms with E-state index in [1.807, 2.05) is 88.9 Å². The molecule has 4 rings (SSSR count). The molecular formula is C30H37FN4O3SSi. The highest BCUT2D eigenvalue weighted by molar-refractivity contribution is 7.84. The summed E-state index contributed by atoms with van der Waals surface area (Å²) in [6, 6.07) is 16.2. The number of benzene rings is 2. The Labute approximate surface area is 238 Å². The molecule has 0 saturated carbocycles. The van der Waals surface area contributed by atoms with E-state index in [2.05, 4.69) is 14.9 Å². The van der Waals surface area contributed by atoms with Crippen LogP contribution in [-0.2, 0) is 17.4 Å². The van der Waals surface area contributed by atoms with E-state index in [4.69, 9.17) is 4.52 Å². The van der Waals surface area contributed by atoms with E-state index < -0.39 is 35.7 Å². The van der Waals surface area contributed by atoms with E-state index in [-0.39, 0.29) is 23.7 Å². The monoisotopic (exact) mass is 580 g/mol. The molecule has 212 valence electrons. The van der Waals surface area contributed by atoms with Crippen molar-refractivity contribution in [2.75, 3.05) is 14.1 Å². The van der Waals surface area contributed by atoms with Crippen LogP contribution < -0.4 is 9.91 Å². The molecule has 2 aromatic heterocycles. The predicted octanol–water partition coefficient (Wildman–Crippen LogP) is 5.61. The molecule has 0 aliphatic heterocycles. The van der Waals surface area contributed by atoms with E-state index in [0.29, 0.717) is 16.5 Å². The molecule has 0 aliphatic carbocycles. The molecule has 1 amide bonds. The number of fused-ring (bicyclic) bond motifs is 1. The Morgan fingerprint density at radius 2 is 1.75 bits per heavy atom. The minimum Gasteiger partial charge on any atom is -0.356 e. The number of amides is 1. The first-order valence-electron chi connectivity index (χ1n) is 13.2. The third-order valence-corrected chi connectivity index (χ3v) is 10.2. The van der Waals surface area contributed by atoms with Crippen LogP contribution in [0.25, 0.3) is 22.2 Å². The molecule has 0 aliphatic rings. The average Bonchev–Trinajstić information content (AvgIpc) is 3.31. The Morgan fingerprint density at radius 1 is 1.10 bits per heavy atom.